The van der Waals surface area contributed by atoms with E-state index < -0.39 is 33.6 Å². The maximum atomic E-state index is 14.0. The number of benzene rings is 3. The van der Waals surface area contributed by atoms with Crippen molar-refractivity contribution in [1.29, 1.82) is 0 Å². The first-order chi connectivity index (χ1) is 16.6. The van der Waals surface area contributed by atoms with Gasteiger partial charge in [-0.25, -0.2) is 17.2 Å². The number of nitrogens with two attached hydrogens (primary N) is 1. The van der Waals surface area contributed by atoms with Gasteiger partial charge in [0.2, 0.25) is 28.1 Å². The summed E-state index contributed by atoms with van der Waals surface area (Å²) in [5.74, 6) is -2.76. The summed E-state index contributed by atoms with van der Waals surface area (Å²) >= 11 is 5.89. The predicted octanol–water partition coefficient (Wildman–Crippen LogP) is 4.09. The first-order valence-corrected chi connectivity index (χ1v) is 11.9. The number of halogens is 3. The van der Waals surface area contributed by atoms with E-state index in [0.717, 1.165) is 16.4 Å². The molecule has 0 unspecified atom stereocenters. The van der Waals surface area contributed by atoms with Gasteiger partial charge in [-0.05, 0) is 47.5 Å². The van der Waals surface area contributed by atoms with Crippen molar-refractivity contribution in [2.75, 3.05) is 0 Å². The second kappa shape index (κ2) is 9.90. The average Bonchev–Trinajstić information content (AvgIpc) is 3.33. The summed E-state index contributed by atoms with van der Waals surface area (Å²) in [7, 11) is -4.40. The van der Waals surface area contributed by atoms with Gasteiger partial charge in [0.05, 0.1) is 4.90 Å². The van der Waals surface area contributed by atoms with E-state index >= 15 is 0 Å². The number of primary amides is 1. The van der Waals surface area contributed by atoms with Gasteiger partial charge in [-0.2, -0.15) is 9.29 Å². The van der Waals surface area contributed by atoms with Gasteiger partial charge in [-0.1, -0.05) is 41.0 Å². The molecule has 1 atom stereocenters. The predicted molar refractivity (Wildman–Crippen MR) is 122 cm³/mol. The van der Waals surface area contributed by atoms with Crippen LogP contribution in [0, 0.1) is 11.6 Å². The normalized spacial score (nSPS) is 12.6. The smallest absolute Gasteiger partial charge is 0.244 e. The molecule has 3 aromatic carbocycles. The molecule has 180 valence electrons. The number of carbonyl (C=O) groups excluding carboxylic acids is 1. The van der Waals surface area contributed by atoms with Gasteiger partial charge in [-0.15, -0.1) is 0 Å². The Morgan fingerprint density at radius 2 is 1.66 bits per heavy atom. The van der Waals surface area contributed by atoms with Gasteiger partial charge < -0.3 is 10.3 Å². The van der Waals surface area contributed by atoms with Crippen molar-refractivity contribution in [3.63, 3.8) is 0 Å². The van der Waals surface area contributed by atoms with Gasteiger partial charge in [0.15, 0.2) is 0 Å². The van der Waals surface area contributed by atoms with Crippen LogP contribution in [-0.4, -0.2) is 28.8 Å². The lowest BCUT2D eigenvalue weighted by atomic mass is 10.0. The van der Waals surface area contributed by atoms with Crippen LogP contribution in [0.15, 0.2) is 82.5 Å². The molecule has 0 spiro atoms. The van der Waals surface area contributed by atoms with Crippen molar-refractivity contribution in [2.45, 2.75) is 17.5 Å². The minimum absolute atomic E-state index is 0.187. The fourth-order valence-electron chi connectivity index (χ4n) is 3.50. The molecule has 4 rings (SSSR count). The molecule has 0 fully saturated rings. The number of carbonyl (C=O) groups is 1. The summed E-state index contributed by atoms with van der Waals surface area (Å²) in [5.41, 5.74) is 6.38. The molecule has 2 N–H and O–H groups in total. The third kappa shape index (κ3) is 5.37. The van der Waals surface area contributed by atoms with E-state index in [-0.39, 0.29) is 17.0 Å². The number of rotatable bonds is 8. The maximum Gasteiger partial charge on any atom is 0.244 e. The van der Waals surface area contributed by atoms with E-state index in [1.54, 1.807) is 24.3 Å². The number of amides is 1. The minimum Gasteiger partial charge on any atom is -0.368 e. The molecule has 1 amide bonds. The molecular weight excluding hydrogens is 502 g/mol. The Morgan fingerprint density at radius 1 is 1.03 bits per heavy atom. The van der Waals surface area contributed by atoms with E-state index in [1.807, 2.05) is 0 Å². The van der Waals surface area contributed by atoms with Crippen molar-refractivity contribution in [3.8, 4) is 11.4 Å². The molecule has 0 aliphatic rings. The molecule has 1 heterocycles. The Bertz CT molecular complexity index is 1430. The summed E-state index contributed by atoms with van der Waals surface area (Å²) in [6.45, 7) is -0.344. The van der Waals surface area contributed by atoms with Crippen LogP contribution in [0.25, 0.3) is 11.4 Å². The largest absolute Gasteiger partial charge is 0.368 e. The Balaban J connectivity index is 1.80. The molecule has 1 aromatic heterocycles. The minimum atomic E-state index is -4.40. The van der Waals surface area contributed by atoms with Gasteiger partial charge >= 0.3 is 0 Å². The van der Waals surface area contributed by atoms with Gasteiger partial charge in [0.25, 0.3) is 0 Å². The van der Waals surface area contributed by atoms with Crippen LogP contribution >= 0.6 is 11.6 Å². The molecule has 0 saturated carbocycles. The number of hydrogen-bond acceptors (Lipinski definition) is 6. The summed E-state index contributed by atoms with van der Waals surface area (Å²) < 4.78 is 60.8. The molecule has 0 bridgehead atoms. The lowest BCUT2D eigenvalue weighted by molar-refractivity contribution is -0.122. The van der Waals surface area contributed by atoms with Crippen molar-refractivity contribution in [2.24, 2.45) is 5.73 Å². The summed E-state index contributed by atoms with van der Waals surface area (Å²) in [6.07, 6.45) is 1.17. The molecule has 0 radical (unpaired) electrons. The highest BCUT2D eigenvalue weighted by Crippen LogP contribution is 2.31. The van der Waals surface area contributed by atoms with Crippen LogP contribution in [0.5, 0.6) is 0 Å². The van der Waals surface area contributed by atoms with Crippen LogP contribution in [-0.2, 0) is 21.4 Å². The van der Waals surface area contributed by atoms with E-state index in [2.05, 4.69) is 10.1 Å². The number of hydrogen-bond donors (Lipinski definition) is 1. The quantitative estimate of drug-likeness (QED) is 0.375. The van der Waals surface area contributed by atoms with Gasteiger partial charge in [-0.3, -0.25) is 4.79 Å². The Labute approximate surface area is 204 Å². The van der Waals surface area contributed by atoms with Crippen molar-refractivity contribution in [1.82, 2.24) is 14.4 Å². The molecule has 12 heteroatoms. The average molecular weight is 519 g/mol. The number of aromatic nitrogens is 2. The van der Waals surface area contributed by atoms with E-state index in [1.165, 1.54) is 30.7 Å². The third-order valence-corrected chi connectivity index (χ3v) is 7.17. The second-order valence-electron chi connectivity index (χ2n) is 7.46. The van der Waals surface area contributed by atoms with Crippen LogP contribution in [0.3, 0.4) is 0 Å². The zero-order valence-corrected chi connectivity index (χ0v) is 19.4. The highest BCUT2D eigenvalue weighted by Gasteiger charge is 2.36. The summed E-state index contributed by atoms with van der Waals surface area (Å²) in [5, 5.41) is 4.03. The summed E-state index contributed by atoms with van der Waals surface area (Å²) in [4.78, 5) is 16.3. The summed E-state index contributed by atoms with van der Waals surface area (Å²) in [6, 6.07) is 12.3. The molecule has 35 heavy (non-hydrogen) atoms. The number of sulfonamides is 1. The zero-order valence-electron chi connectivity index (χ0n) is 17.8. The topological polar surface area (TPSA) is 119 Å². The molecular formula is C23H17ClF2N4O4S. The lowest BCUT2D eigenvalue weighted by Crippen LogP contribution is -2.41. The third-order valence-electron chi connectivity index (χ3n) is 5.09. The monoisotopic (exact) mass is 518 g/mol. The van der Waals surface area contributed by atoms with Gasteiger partial charge in [0.1, 0.15) is 17.7 Å². The van der Waals surface area contributed by atoms with Gasteiger partial charge in [0, 0.05) is 23.2 Å². The highest BCUT2D eigenvalue weighted by molar-refractivity contribution is 7.89. The van der Waals surface area contributed by atoms with Crippen molar-refractivity contribution >= 4 is 27.5 Å². The SMILES string of the molecule is NC(=O)[C@H](c1cc(F)cc(F)c1)N(Cc1ccc(-c2ncon2)cc1)S(=O)(=O)c1ccc(Cl)cc1. The van der Waals surface area contributed by atoms with Crippen LogP contribution < -0.4 is 5.73 Å². The number of nitrogens with zero attached hydrogens (tertiary/aromatic N) is 3. The van der Waals surface area contributed by atoms with Crippen LogP contribution in [0.4, 0.5) is 8.78 Å². The highest BCUT2D eigenvalue weighted by atomic mass is 35.5. The molecule has 0 saturated heterocycles. The standard InChI is InChI=1S/C23H17ClF2N4O4S/c24-17-5-7-20(8-6-17)35(32,33)30(21(22(27)31)16-9-18(25)11-19(26)10-16)12-14-1-3-15(4-2-14)23-28-13-34-29-23/h1-11,13,21H,12H2,(H2,27,31)/t21-/m0/s1. The lowest BCUT2D eigenvalue weighted by Gasteiger charge is -2.29. The molecule has 4 aromatic rings. The second-order valence-corrected chi connectivity index (χ2v) is 9.79. The fourth-order valence-corrected chi connectivity index (χ4v) is 5.20. The molecule has 0 aliphatic heterocycles. The zero-order chi connectivity index (χ0) is 25.2. The Kier molecular flexibility index (Phi) is 6.92. The van der Waals surface area contributed by atoms with E-state index in [9.17, 15) is 22.0 Å². The first-order valence-electron chi connectivity index (χ1n) is 10.0. The first kappa shape index (κ1) is 24.5. The Morgan fingerprint density at radius 3 is 2.20 bits per heavy atom. The van der Waals surface area contributed by atoms with E-state index in [0.29, 0.717) is 28.0 Å². The van der Waals surface area contributed by atoms with Crippen molar-refractivity contribution < 1.29 is 26.5 Å². The van der Waals surface area contributed by atoms with Crippen LogP contribution in [0.2, 0.25) is 5.02 Å². The van der Waals surface area contributed by atoms with Crippen molar-refractivity contribution in [3.05, 3.63) is 101 Å². The van der Waals surface area contributed by atoms with E-state index in [4.69, 9.17) is 21.9 Å². The van der Waals surface area contributed by atoms with Crippen LogP contribution in [0.1, 0.15) is 17.2 Å². The molecule has 0 aliphatic carbocycles. The maximum absolute atomic E-state index is 14.0. The molecule has 8 nitrogen and oxygen atoms in total. The fraction of sp³-hybridized carbons (Fsp3) is 0.0870. The Hall–Kier alpha value is -3.67.